The van der Waals surface area contributed by atoms with Crippen LogP contribution in [0.15, 0.2) is 67.1 Å². The molecule has 0 amide bonds. The highest BCUT2D eigenvalue weighted by atomic mass is 19.4. The van der Waals surface area contributed by atoms with Crippen molar-refractivity contribution >= 4 is 16.9 Å². The maximum atomic E-state index is 13.2. The Kier molecular flexibility index (Phi) is 6.57. The zero-order valence-electron chi connectivity index (χ0n) is 22.7. The first-order valence-electron chi connectivity index (χ1n) is 14.0. The van der Waals surface area contributed by atoms with Gasteiger partial charge in [-0.15, -0.1) is 10.2 Å². The molecule has 2 aliphatic rings. The second-order valence-electron chi connectivity index (χ2n) is 10.9. The lowest BCUT2D eigenvalue weighted by Gasteiger charge is -2.39. The second kappa shape index (κ2) is 10.4. The molecule has 7 rings (SSSR count). The third kappa shape index (κ3) is 4.85. The fraction of sp³-hybridized carbons (Fsp3) is 0.333. The van der Waals surface area contributed by atoms with Gasteiger partial charge in [0.2, 0.25) is 5.82 Å². The van der Waals surface area contributed by atoms with Crippen molar-refractivity contribution in [2.75, 3.05) is 12.3 Å². The minimum atomic E-state index is -4.49. The van der Waals surface area contributed by atoms with Gasteiger partial charge in [-0.25, -0.2) is 9.97 Å². The Morgan fingerprint density at radius 1 is 0.833 bits per heavy atom. The summed E-state index contributed by atoms with van der Waals surface area (Å²) in [7, 11) is 0. The fourth-order valence-electron chi connectivity index (χ4n) is 6.33. The van der Waals surface area contributed by atoms with Gasteiger partial charge in [0.25, 0.3) is 0 Å². The Bertz CT molecular complexity index is 1710. The number of nitrogens with zero attached hydrogens (tertiary/aromatic N) is 7. The second-order valence-corrected chi connectivity index (χ2v) is 10.9. The van der Waals surface area contributed by atoms with Gasteiger partial charge < -0.3 is 19.6 Å². The van der Waals surface area contributed by atoms with Gasteiger partial charge in [0.15, 0.2) is 0 Å². The summed E-state index contributed by atoms with van der Waals surface area (Å²) in [6.07, 6.45) is 2.80. The first-order chi connectivity index (χ1) is 20.3. The number of hydrogen-bond acceptors (Lipinski definition) is 7. The molecule has 1 aliphatic carbocycles. The molecule has 1 aliphatic heterocycles. The van der Waals surface area contributed by atoms with Crippen LogP contribution < -0.4 is 10.5 Å². The molecular formula is C30H29F3N8O. The van der Waals surface area contributed by atoms with E-state index in [0.29, 0.717) is 24.7 Å². The lowest BCUT2D eigenvalue weighted by atomic mass is 9.89. The molecule has 0 bridgehead atoms. The van der Waals surface area contributed by atoms with Gasteiger partial charge in [-0.1, -0.05) is 30.3 Å². The first kappa shape index (κ1) is 26.4. The molecule has 216 valence electrons. The number of halogens is 3. The van der Waals surface area contributed by atoms with E-state index in [1.165, 1.54) is 10.9 Å². The lowest BCUT2D eigenvalue weighted by molar-refractivity contribution is -0.148. The van der Waals surface area contributed by atoms with Gasteiger partial charge in [-0.2, -0.15) is 13.2 Å². The molecule has 3 aromatic heterocycles. The Morgan fingerprint density at radius 2 is 1.55 bits per heavy atom. The summed E-state index contributed by atoms with van der Waals surface area (Å²) in [6, 6.07) is 18.0. The maximum absolute atomic E-state index is 13.2. The van der Waals surface area contributed by atoms with Crippen molar-refractivity contribution < 1.29 is 17.9 Å². The van der Waals surface area contributed by atoms with E-state index in [1.807, 2.05) is 54.6 Å². The van der Waals surface area contributed by atoms with E-state index in [1.54, 1.807) is 0 Å². The van der Waals surface area contributed by atoms with Crippen LogP contribution in [0.3, 0.4) is 0 Å². The van der Waals surface area contributed by atoms with Gasteiger partial charge in [-0.3, -0.25) is 4.90 Å². The molecule has 1 fully saturated rings. The van der Waals surface area contributed by atoms with Crippen LogP contribution in [0.5, 0.6) is 11.5 Å². The first-order valence-corrected chi connectivity index (χ1v) is 14.0. The van der Waals surface area contributed by atoms with Crippen molar-refractivity contribution in [1.29, 1.82) is 0 Å². The van der Waals surface area contributed by atoms with Crippen molar-refractivity contribution in [2.24, 2.45) is 0 Å². The van der Waals surface area contributed by atoms with Crippen LogP contribution >= 0.6 is 0 Å². The number of hydrogen-bond donors (Lipinski definition) is 1. The average molecular weight is 575 g/mol. The van der Waals surface area contributed by atoms with Crippen molar-refractivity contribution in [2.45, 2.75) is 57.0 Å². The summed E-state index contributed by atoms with van der Waals surface area (Å²) >= 11 is 0. The third-order valence-electron chi connectivity index (χ3n) is 8.40. The van der Waals surface area contributed by atoms with E-state index in [2.05, 4.69) is 35.8 Å². The number of benzene rings is 2. The largest absolute Gasteiger partial charge is 0.457 e. The maximum Gasteiger partial charge on any atom is 0.451 e. The zero-order valence-corrected chi connectivity index (χ0v) is 22.7. The quantitative estimate of drug-likeness (QED) is 0.271. The minimum absolute atomic E-state index is 0.220. The molecule has 2 N–H and O–H groups in total. The van der Waals surface area contributed by atoms with Crippen molar-refractivity contribution in [3.05, 3.63) is 78.8 Å². The SMILES string of the molecule is Nc1ncnc2c1c(-c1ccc(Oc3ccccc3)cc1)cn2[C@H]1CC[C@H](N2CCn3c(nnc3C(F)(F)F)C2)CC1. The summed E-state index contributed by atoms with van der Waals surface area (Å²) in [5.74, 6) is 1.41. The molecule has 0 saturated heterocycles. The Labute approximate surface area is 239 Å². The average Bonchev–Trinajstić information content (AvgIpc) is 3.61. The van der Waals surface area contributed by atoms with Crippen LogP contribution in [0.25, 0.3) is 22.2 Å². The minimum Gasteiger partial charge on any atom is -0.457 e. The molecule has 12 heteroatoms. The topological polar surface area (TPSA) is 99.9 Å². The number of nitrogens with two attached hydrogens (primary N) is 1. The normalized spacial score (nSPS) is 19.6. The molecule has 0 atom stereocenters. The number of fused-ring (bicyclic) bond motifs is 2. The fourth-order valence-corrected chi connectivity index (χ4v) is 6.33. The monoisotopic (exact) mass is 574 g/mol. The van der Waals surface area contributed by atoms with E-state index in [0.717, 1.165) is 59.3 Å². The van der Waals surface area contributed by atoms with Crippen molar-refractivity contribution in [3.8, 4) is 22.6 Å². The van der Waals surface area contributed by atoms with Gasteiger partial charge in [0, 0.05) is 36.9 Å². The molecule has 0 spiro atoms. The Morgan fingerprint density at radius 3 is 2.29 bits per heavy atom. The van der Waals surface area contributed by atoms with Crippen LogP contribution in [0.2, 0.25) is 0 Å². The summed E-state index contributed by atoms with van der Waals surface area (Å²) in [4.78, 5) is 11.1. The highest BCUT2D eigenvalue weighted by Crippen LogP contribution is 2.40. The predicted molar refractivity (Wildman–Crippen MR) is 151 cm³/mol. The van der Waals surface area contributed by atoms with Gasteiger partial charge >= 0.3 is 6.18 Å². The molecule has 4 heterocycles. The van der Waals surface area contributed by atoms with Gasteiger partial charge in [0.05, 0.1) is 11.9 Å². The zero-order chi connectivity index (χ0) is 28.8. The predicted octanol–water partition coefficient (Wildman–Crippen LogP) is 6.08. The third-order valence-corrected chi connectivity index (χ3v) is 8.40. The number of ether oxygens (including phenoxy) is 1. The Hall–Kier alpha value is -4.45. The highest BCUT2D eigenvalue weighted by Gasteiger charge is 2.40. The van der Waals surface area contributed by atoms with Gasteiger partial charge in [-0.05, 0) is 55.5 Å². The number of rotatable bonds is 5. The molecule has 42 heavy (non-hydrogen) atoms. The Balaban J connectivity index is 1.09. The van der Waals surface area contributed by atoms with Crippen molar-refractivity contribution in [1.82, 2.24) is 34.2 Å². The molecule has 0 radical (unpaired) electrons. The number of aromatic nitrogens is 6. The van der Waals surface area contributed by atoms with Crippen LogP contribution in [-0.4, -0.2) is 46.8 Å². The van der Waals surface area contributed by atoms with E-state index >= 15 is 0 Å². The molecule has 5 aromatic rings. The standard InChI is InChI=1S/C30H29F3N8O/c31-30(32,33)29-38-37-25-17-39(14-15-40(25)29)20-8-10-21(11-9-20)41-16-24(26-27(34)35-18-36-28(26)41)19-6-12-23(13-7-19)42-22-4-2-1-3-5-22/h1-7,12-13,16,18,20-21H,8-11,14-15,17H2,(H2,34,35,36)/t20-,21-. The molecule has 2 aromatic carbocycles. The molecule has 9 nitrogen and oxygen atoms in total. The van der Waals surface area contributed by atoms with Crippen molar-refractivity contribution in [3.63, 3.8) is 0 Å². The number of para-hydroxylation sites is 1. The lowest BCUT2D eigenvalue weighted by Crippen LogP contribution is -2.43. The van der Waals surface area contributed by atoms with E-state index in [-0.39, 0.29) is 18.6 Å². The summed E-state index contributed by atoms with van der Waals surface area (Å²) in [5.41, 5.74) is 9.14. The van der Waals surface area contributed by atoms with Crippen LogP contribution in [-0.2, 0) is 19.3 Å². The van der Waals surface area contributed by atoms with Crippen LogP contribution in [0.4, 0.5) is 19.0 Å². The highest BCUT2D eigenvalue weighted by molar-refractivity contribution is 6.00. The smallest absolute Gasteiger partial charge is 0.451 e. The van der Waals surface area contributed by atoms with E-state index in [9.17, 15) is 13.2 Å². The van der Waals surface area contributed by atoms with E-state index < -0.39 is 12.0 Å². The summed E-state index contributed by atoms with van der Waals surface area (Å²) < 4.78 is 49.1. The molecular weight excluding hydrogens is 545 g/mol. The van der Waals surface area contributed by atoms with Crippen LogP contribution in [0, 0.1) is 0 Å². The number of nitrogen functional groups attached to an aromatic ring is 1. The number of anilines is 1. The number of alkyl halides is 3. The van der Waals surface area contributed by atoms with Crippen LogP contribution in [0.1, 0.15) is 43.4 Å². The summed E-state index contributed by atoms with van der Waals surface area (Å²) in [6.45, 7) is 1.17. The van der Waals surface area contributed by atoms with Gasteiger partial charge in [0.1, 0.15) is 35.1 Å². The summed E-state index contributed by atoms with van der Waals surface area (Å²) in [5, 5.41) is 8.09. The van der Waals surface area contributed by atoms with E-state index in [4.69, 9.17) is 10.5 Å². The molecule has 1 saturated carbocycles. The molecule has 0 unspecified atom stereocenters.